The smallest absolute Gasteiger partial charge is 0.339 e. The Morgan fingerprint density at radius 1 is 1.00 bits per heavy atom. The maximum atomic E-state index is 12.6. The summed E-state index contributed by atoms with van der Waals surface area (Å²) in [6.45, 7) is 0. The lowest BCUT2D eigenvalue weighted by molar-refractivity contribution is 0.0252. The third-order valence-corrected chi connectivity index (χ3v) is 4.77. The quantitative estimate of drug-likeness (QED) is 0.650. The van der Waals surface area contributed by atoms with Gasteiger partial charge in [-0.3, -0.25) is 4.79 Å². The molecule has 0 aliphatic carbocycles. The molecule has 1 aliphatic heterocycles. The van der Waals surface area contributed by atoms with Gasteiger partial charge in [-0.1, -0.05) is 41.9 Å². The van der Waals surface area contributed by atoms with Gasteiger partial charge in [0, 0.05) is 22.7 Å². The van der Waals surface area contributed by atoms with Gasteiger partial charge in [-0.05, 0) is 53.6 Å². The predicted octanol–water partition coefficient (Wildman–Crippen LogP) is 5.05. The Morgan fingerprint density at radius 2 is 1.74 bits per heavy atom. The average molecular weight is 378 g/mol. The van der Waals surface area contributed by atoms with Crippen LogP contribution in [0.3, 0.4) is 0 Å². The number of anilines is 1. The van der Waals surface area contributed by atoms with E-state index in [2.05, 4.69) is 5.32 Å². The monoisotopic (exact) mass is 377 g/mol. The second-order valence-corrected chi connectivity index (χ2v) is 6.78. The molecule has 1 N–H and O–H groups in total. The second kappa shape index (κ2) is 7.25. The third kappa shape index (κ3) is 3.71. The third-order valence-electron chi connectivity index (χ3n) is 4.52. The lowest BCUT2D eigenvalue weighted by Gasteiger charge is -2.25. The minimum atomic E-state index is -0.366. The fourth-order valence-corrected chi connectivity index (χ4v) is 3.25. The molecule has 1 amide bonds. The summed E-state index contributed by atoms with van der Waals surface area (Å²) in [4.78, 5) is 24.9. The summed E-state index contributed by atoms with van der Waals surface area (Å²) >= 11 is 5.87. The zero-order valence-electron chi connectivity index (χ0n) is 14.3. The first-order valence-electron chi connectivity index (χ1n) is 8.56. The van der Waals surface area contributed by atoms with E-state index in [0.717, 1.165) is 11.1 Å². The van der Waals surface area contributed by atoms with E-state index in [-0.39, 0.29) is 18.0 Å². The molecule has 3 aromatic rings. The maximum absolute atomic E-state index is 12.6. The number of esters is 1. The number of carbonyl (C=O) groups excluding carboxylic acids is 2. The highest BCUT2D eigenvalue weighted by Gasteiger charge is 2.28. The molecule has 0 fully saturated rings. The largest absolute Gasteiger partial charge is 0.454 e. The molecule has 3 aromatic carbocycles. The molecular formula is C22H16ClNO3. The molecule has 0 unspecified atom stereocenters. The summed E-state index contributed by atoms with van der Waals surface area (Å²) in [7, 11) is 0. The van der Waals surface area contributed by atoms with Crippen molar-refractivity contribution in [2.75, 3.05) is 5.32 Å². The predicted molar refractivity (Wildman–Crippen MR) is 104 cm³/mol. The van der Waals surface area contributed by atoms with Crippen LogP contribution in [0.1, 0.15) is 37.9 Å². The summed E-state index contributed by atoms with van der Waals surface area (Å²) in [6, 6.07) is 21.5. The van der Waals surface area contributed by atoms with Gasteiger partial charge in [0.15, 0.2) is 0 Å². The van der Waals surface area contributed by atoms with Crippen LogP contribution in [0.2, 0.25) is 5.02 Å². The summed E-state index contributed by atoms with van der Waals surface area (Å²) < 4.78 is 5.55. The van der Waals surface area contributed by atoms with E-state index in [1.165, 1.54) is 0 Å². The summed E-state index contributed by atoms with van der Waals surface area (Å²) in [5.41, 5.74) is 3.40. The number of hydrogen-bond donors (Lipinski definition) is 1. The number of amides is 1. The zero-order chi connectivity index (χ0) is 18.8. The van der Waals surface area contributed by atoms with Crippen molar-refractivity contribution < 1.29 is 14.3 Å². The molecule has 0 spiro atoms. The normalized spacial score (nSPS) is 15.6. The summed E-state index contributed by atoms with van der Waals surface area (Å²) in [6.07, 6.45) is 0.188. The number of cyclic esters (lactones) is 1. The van der Waals surface area contributed by atoms with E-state index in [9.17, 15) is 9.59 Å². The Kier molecular flexibility index (Phi) is 4.65. The van der Waals surface area contributed by atoms with E-state index in [1.807, 2.05) is 30.3 Å². The molecule has 0 aromatic heterocycles. The van der Waals surface area contributed by atoms with Gasteiger partial charge in [-0.15, -0.1) is 0 Å². The van der Waals surface area contributed by atoms with E-state index < -0.39 is 0 Å². The van der Waals surface area contributed by atoms with Gasteiger partial charge in [-0.25, -0.2) is 4.79 Å². The van der Waals surface area contributed by atoms with Crippen molar-refractivity contribution in [3.05, 3.63) is 100 Å². The fraction of sp³-hybridized carbons (Fsp3) is 0.0909. The van der Waals surface area contributed by atoms with Gasteiger partial charge in [-0.2, -0.15) is 0 Å². The molecule has 0 saturated carbocycles. The number of benzene rings is 3. The zero-order valence-corrected chi connectivity index (χ0v) is 15.1. The molecule has 1 aliphatic rings. The molecular weight excluding hydrogens is 362 g/mol. The molecule has 0 saturated heterocycles. The van der Waals surface area contributed by atoms with Crippen LogP contribution in [0.15, 0.2) is 72.8 Å². The van der Waals surface area contributed by atoms with Crippen molar-refractivity contribution in [2.45, 2.75) is 12.5 Å². The van der Waals surface area contributed by atoms with Gasteiger partial charge in [0.05, 0.1) is 5.56 Å². The van der Waals surface area contributed by atoms with E-state index >= 15 is 0 Å². The molecule has 1 atom stereocenters. The van der Waals surface area contributed by atoms with Crippen molar-refractivity contribution in [3.8, 4) is 0 Å². The standard InChI is InChI=1S/C22H16ClNO3/c23-17-7-9-18(10-8-17)24-21(25)15-6-11-19-16(12-15)13-20(27-22(19)26)14-4-2-1-3-5-14/h1-12,20H,13H2,(H,24,25)/t20-/m1/s1. The van der Waals surface area contributed by atoms with Gasteiger partial charge < -0.3 is 10.1 Å². The summed E-state index contributed by atoms with van der Waals surface area (Å²) in [5, 5.41) is 3.44. The molecule has 1 heterocycles. The molecule has 4 rings (SSSR count). The second-order valence-electron chi connectivity index (χ2n) is 6.34. The van der Waals surface area contributed by atoms with Crippen LogP contribution in [0, 0.1) is 0 Å². The average Bonchev–Trinajstić information content (AvgIpc) is 2.70. The molecule has 4 nitrogen and oxygen atoms in total. The van der Waals surface area contributed by atoms with Crippen LogP contribution < -0.4 is 5.32 Å². The number of fused-ring (bicyclic) bond motifs is 1. The molecule has 5 heteroatoms. The highest BCUT2D eigenvalue weighted by molar-refractivity contribution is 6.30. The van der Waals surface area contributed by atoms with Crippen LogP contribution in [-0.4, -0.2) is 11.9 Å². The van der Waals surface area contributed by atoms with Crippen LogP contribution in [0.5, 0.6) is 0 Å². The highest BCUT2D eigenvalue weighted by Crippen LogP contribution is 2.31. The lowest BCUT2D eigenvalue weighted by Crippen LogP contribution is -2.23. The Hall–Kier alpha value is -3.11. The minimum Gasteiger partial charge on any atom is -0.454 e. The van der Waals surface area contributed by atoms with Crippen molar-refractivity contribution in [3.63, 3.8) is 0 Å². The Balaban J connectivity index is 1.58. The van der Waals surface area contributed by atoms with Gasteiger partial charge in [0.25, 0.3) is 5.91 Å². The fourth-order valence-electron chi connectivity index (χ4n) is 3.13. The number of hydrogen-bond acceptors (Lipinski definition) is 3. The van der Waals surface area contributed by atoms with Crippen molar-refractivity contribution in [1.29, 1.82) is 0 Å². The first-order valence-corrected chi connectivity index (χ1v) is 8.94. The van der Waals surface area contributed by atoms with Crippen molar-refractivity contribution in [1.82, 2.24) is 0 Å². The molecule has 0 radical (unpaired) electrons. The van der Waals surface area contributed by atoms with E-state index in [0.29, 0.717) is 28.3 Å². The van der Waals surface area contributed by atoms with Crippen LogP contribution in [0.25, 0.3) is 0 Å². The van der Waals surface area contributed by atoms with Gasteiger partial charge >= 0.3 is 5.97 Å². The first-order chi connectivity index (χ1) is 13.1. The van der Waals surface area contributed by atoms with Gasteiger partial charge in [0.1, 0.15) is 6.10 Å². The number of ether oxygens (including phenoxy) is 1. The van der Waals surface area contributed by atoms with Crippen LogP contribution >= 0.6 is 11.6 Å². The Bertz CT molecular complexity index is 1000. The SMILES string of the molecule is O=C(Nc1ccc(Cl)cc1)c1ccc2c(c1)C[C@H](c1ccccc1)OC2=O. The van der Waals surface area contributed by atoms with Crippen molar-refractivity contribution in [2.24, 2.45) is 0 Å². The number of nitrogens with one attached hydrogen (secondary N) is 1. The van der Waals surface area contributed by atoms with Gasteiger partial charge in [0.2, 0.25) is 0 Å². The van der Waals surface area contributed by atoms with E-state index in [4.69, 9.17) is 16.3 Å². The minimum absolute atomic E-state index is 0.240. The van der Waals surface area contributed by atoms with Crippen LogP contribution in [-0.2, 0) is 11.2 Å². The van der Waals surface area contributed by atoms with Crippen molar-refractivity contribution >= 4 is 29.2 Å². The molecule has 134 valence electrons. The lowest BCUT2D eigenvalue weighted by atomic mass is 9.93. The van der Waals surface area contributed by atoms with E-state index in [1.54, 1.807) is 42.5 Å². The molecule has 0 bridgehead atoms. The van der Waals surface area contributed by atoms with Crippen LogP contribution in [0.4, 0.5) is 5.69 Å². The number of carbonyl (C=O) groups is 2. The number of halogens is 1. The summed E-state index contributed by atoms with van der Waals surface area (Å²) in [5.74, 6) is -0.606. The number of rotatable bonds is 3. The highest BCUT2D eigenvalue weighted by atomic mass is 35.5. The maximum Gasteiger partial charge on any atom is 0.339 e. The first kappa shape index (κ1) is 17.3. The molecule has 27 heavy (non-hydrogen) atoms. The topological polar surface area (TPSA) is 55.4 Å². The Labute approximate surface area is 161 Å². The Morgan fingerprint density at radius 3 is 2.48 bits per heavy atom.